The van der Waals surface area contributed by atoms with Crippen molar-refractivity contribution in [3.8, 4) is 0 Å². The lowest BCUT2D eigenvalue weighted by Crippen LogP contribution is -2.51. The van der Waals surface area contributed by atoms with Crippen molar-refractivity contribution in [2.45, 2.75) is 64.7 Å². The molecule has 24 heavy (non-hydrogen) atoms. The van der Waals surface area contributed by atoms with Crippen molar-refractivity contribution in [1.82, 2.24) is 0 Å². The summed E-state index contributed by atoms with van der Waals surface area (Å²) in [5, 5.41) is 0. The molecule has 5 atom stereocenters. The van der Waals surface area contributed by atoms with E-state index in [1.807, 2.05) is 17.8 Å². The van der Waals surface area contributed by atoms with Crippen LogP contribution in [0, 0.1) is 28.6 Å². The molecule has 0 amide bonds. The molecule has 0 aromatic carbocycles. The summed E-state index contributed by atoms with van der Waals surface area (Å²) in [7, 11) is 0. The van der Waals surface area contributed by atoms with E-state index in [2.05, 4.69) is 13.2 Å². The summed E-state index contributed by atoms with van der Waals surface area (Å²) in [4.78, 5) is 24.6. The van der Waals surface area contributed by atoms with E-state index in [9.17, 15) is 9.59 Å². The first-order valence-corrected chi connectivity index (χ1v) is 11.2. The largest absolute Gasteiger partial charge is 0.299 e. The van der Waals surface area contributed by atoms with Gasteiger partial charge in [-0.2, -0.15) is 11.8 Å². The van der Waals surface area contributed by atoms with Crippen LogP contribution in [0.25, 0.3) is 0 Å². The maximum absolute atomic E-state index is 12.5. The first-order chi connectivity index (χ1) is 11.5. The molecule has 132 valence electrons. The van der Waals surface area contributed by atoms with Gasteiger partial charge >= 0.3 is 0 Å². The van der Waals surface area contributed by atoms with Gasteiger partial charge in [-0.25, -0.2) is 0 Å². The Labute approximate surface area is 150 Å². The topological polar surface area (TPSA) is 34.1 Å². The van der Waals surface area contributed by atoms with Crippen LogP contribution >= 0.6 is 11.8 Å². The molecule has 3 fully saturated rings. The number of thioether (sulfide) groups is 1. The third kappa shape index (κ3) is 2.29. The normalized spacial score (nSPS) is 44.6. The Bertz CT molecular complexity index is 595. The molecule has 0 aliphatic heterocycles. The first-order valence-electron chi connectivity index (χ1n) is 9.77. The highest BCUT2D eigenvalue weighted by Gasteiger charge is 2.59. The summed E-state index contributed by atoms with van der Waals surface area (Å²) in [6.07, 6.45) is 13.8. The summed E-state index contributed by atoms with van der Waals surface area (Å²) in [6, 6.07) is 0. The summed E-state index contributed by atoms with van der Waals surface area (Å²) < 4.78 is 0. The van der Waals surface area contributed by atoms with Gasteiger partial charge in [0.05, 0.1) is 0 Å². The standard InChI is InChI=1S/C21H30O2S/c1-20-9-8-18-16(17(20)5-6-19(20)23)4-3-14-13-15(22)7-10-21(14,18)11-12-24-2/h13,16-18H,3-12H2,1-2H3/t16-,17-,18-,20-,21+/m0/s1. The van der Waals surface area contributed by atoms with Crippen LogP contribution in [0.5, 0.6) is 0 Å². The zero-order chi connectivity index (χ0) is 16.9. The molecule has 0 aromatic heterocycles. The zero-order valence-corrected chi connectivity index (χ0v) is 15.9. The van der Waals surface area contributed by atoms with Gasteiger partial charge in [0.15, 0.2) is 5.78 Å². The Morgan fingerprint density at radius 2 is 1.92 bits per heavy atom. The van der Waals surface area contributed by atoms with Gasteiger partial charge in [0.1, 0.15) is 5.78 Å². The Balaban J connectivity index is 1.70. The molecule has 0 spiro atoms. The van der Waals surface area contributed by atoms with E-state index in [0.29, 0.717) is 29.3 Å². The summed E-state index contributed by atoms with van der Waals surface area (Å²) >= 11 is 1.94. The fraction of sp³-hybridized carbons (Fsp3) is 0.810. The minimum atomic E-state index is -0.0342. The second-order valence-electron chi connectivity index (χ2n) is 8.87. The van der Waals surface area contributed by atoms with Crippen LogP contribution in [-0.2, 0) is 9.59 Å². The van der Waals surface area contributed by atoms with Crippen LogP contribution in [0.15, 0.2) is 11.6 Å². The van der Waals surface area contributed by atoms with E-state index in [1.54, 1.807) is 0 Å². The number of rotatable bonds is 3. The molecule has 0 N–H and O–H groups in total. The Hall–Kier alpha value is -0.570. The highest BCUT2D eigenvalue weighted by atomic mass is 32.2. The monoisotopic (exact) mass is 346 g/mol. The predicted molar refractivity (Wildman–Crippen MR) is 99.0 cm³/mol. The van der Waals surface area contributed by atoms with Crippen LogP contribution < -0.4 is 0 Å². The molecule has 2 nitrogen and oxygen atoms in total. The minimum absolute atomic E-state index is 0.0342. The summed E-state index contributed by atoms with van der Waals surface area (Å²) in [5.41, 5.74) is 1.71. The van der Waals surface area contributed by atoms with Crippen molar-refractivity contribution in [2.75, 3.05) is 12.0 Å². The van der Waals surface area contributed by atoms with E-state index >= 15 is 0 Å². The van der Waals surface area contributed by atoms with E-state index in [0.717, 1.165) is 38.5 Å². The maximum atomic E-state index is 12.5. The third-order valence-electron chi connectivity index (χ3n) is 8.15. The van der Waals surface area contributed by atoms with E-state index in [1.165, 1.54) is 30.6 Å². The average molecular weight is 347 g/mol. The quantitative estimate of drug-likeness (QED) is 0.734. The molecule has 3 heteroatoms. The molecular formula is C21H30O2S. The first kappa shape index (κ1) is 16.9. The van der Waals surface area contributed by atoms with Crippen molar-refractivity contribution in [3.05, 3.63) is 11.6 Å². The van der Waals surface area contributed by atoms with Crippen LogP contribution in [0.3, 0.4) is 0 Å². The van der Waals surface area contributed by atoms with Crippen molar-refractivity contribution < 1.29 is 9.59 Å². The Morgan fingerprint density at radius 1 is 1.08 bits per heavy atom. The highest BCUT2D eigenvalue weighted by molar-refractivity contribution is 7.98. The van der Waals surface area contributed by atoms with Gasteiger partial charge in [-0.05, 0) is 86.2 Å². The number of hydrogen-bond acceptors (Lipinski definition) is 3. The molecule has 0 saturated heterocycles. The van der Waals surface area contributed by atoms with Crippen molar-refractivity contribution in [3.63, 3.8) is 0 Å². The molecule has 4 aliphatic carbocycles. The maximum Gasteiger partial charge on any atom is 0.155 e. The summed E-state index contributed by atoms with van der Waals surface area (Å²) in [6.45, 7) is 2.26. The Kier molecular flexibility index (Phi) is 4.22. The lowest BCUT2D eigenvalue weighted by atomic mass is 9.46. The van der Waals surface area contributed by atoms with Gasteiger partial charge in [0, 0.05) is 18.3 Å². The molecule has 0 radical (unpaired) electrons. The third-order valence-corrected chi connectivity index (χ3v) is 8.76. The van der Waals surface area contributed by atoms with Crippen LogP contribution in [-0.4, -0.2) is 23.6 Å². The second-order valence-corrected chi connectivity index (χ2v) is 9.85. The van der Waals surface area contributed by atoms with E-state index in [-0.39, 0.29) is 10.8 Å². The van der Waals surface area contributed by atoms with E-state index < -0.39 is 0 Å². The predicted octanol–water partition coefficient (Wildman–Crippen LogP) is 4.82. The second kappa shape index (κ2) is 6.00. The number of hydrogen-bond donors (Lipinski definition) is 0. The van der Waals surface area contributed by atoms with Crippen molar-refractivity contribution in [1.29, 1.82) is 0 Å². The molecular weight excluding hydrogens is 316 g/mol. The Morgan fingerprint density at radius 3 is 2.71 bits per heavy atom. The number of carbonyl (C=O) groups excluding carboxylic acids is 2. The van der Waals surface area contributed by atoms with Crippen LogP contribution in [0.2, 0.25) is 0 Å². The van der Waals surface area contributed by atoms with Crippen molar-refractivity contribution in [2.24, 2.45) is 28.6 Å². The molecule has 0 heterocycles. The summed E-state index contributed by atoms with van der Waals surface area (Å²) in [5.74, 6) is 4.10. The SMILES string of the molecule is CSCC[C@]12CCC(=O)C=C1CC[C@@H]1[C@@H]2CC[C@]2(C)C(=O)CC[C@@H]12. The lowest BCUT2D eigenvalue weighted by molar-refractivity contribution is -0.133. The fourth-order valence-electron chi connectivity index (χ4n) is 6.89. The fourth-order valence-corrected chi connectivity index (χ4v) is 7.45. The number of ketones is 2. The number of Topliss-reactive ketones (excluding diaryl/α,β-unsaturated/α-hetero) is 1. The smallest absolute Gasteiger partial charge is 0.155 e. The molecule has 0 bridgehead atoms. The van der Waals surface area contributed by atoms with Gasteiger partial charge in [-0.1, -0.05) is 12.5 Å². The van der Waals surface area contributed by atoms with Gasteiger partial charge in [0.2, 0.25) is 0 Å². The zero-order valence-electron chi connectivity index (χ0n) is 15.1. The number of carbonyl (C=O) groups is 2. The van der Waals surface area contributed by atoms with Crippen LogP contribution in [0.4, 0.5) is 0 Å². The molecule has 0 unspecified atom stereocenters. The van der Waals surface area contributed by atoms with Gasteiger partial charge < -0.3 is 0 Å². The molecule has 4 rings (SSSR count). The van der Waals surface area contributed by atoms with Crippen LogP contribution in [0.1, 0.15) is 64.7 Å². The minimum Gasteiger partial charge on any atom is -0.299 e. The number of allylic oxidation sites excluding steroid dienone is 1. The molecule has 3 saturated carbocycles. The average Bonchev–Trinajstić information content (AvgIpc) is 2.88. The van der Waals surface area contributed by atoms with E-state index in [4.69, 9.17) is 0 Å². The van der Waals surface area contributed by atoms with Gasteiger partial charge in [-0.15, -0.1) is 0 Å². The highest BCUT2D eigenvalue weighted by Crippen LogP contribution is 2.65. The van der Waals surface area contributed by atoms with Gasteiger partial charge in [-0.3, -0.25) is 9.59 Å². The van der Waals surface area contributed by atoms with Crippen molar-refractivity contribution >= 4 is 23.3 Å². The lowest BCUT2D eigenvalue weighted by Gasteiger charge is -2.58. The molecule has 4 aliphatic rings. The molecule has 0 aromatic rings. The van der Waals surface area contributed by atoms with Gasteiger partial charge in [0.25, 0.3) is 0 Å². The number of fused-ring (bicyclic) bond motifs is 5.